The number of nitrogens with zero attached hydrogens (tertiary/aromatic N) is 2. The highest BCUT2D eigenvalue weighted by Gasteiger charge is 2.06. The number of aryl methyl sites for hydroxylation is 1. The third-order valence-corrected chi connectivity index (χ3v) is 3.81. The molecule has 0 saturated carbocycles. The van der Waals surface area contributed by atoms with E-state index >= 15 is 0 Å². The molecule has 116 valence electrons. The van der Waals surface area contributed by atoms with Gasteiger partial charge in [0.05, 0.1) is 0 Å². The molecule has 1 N–H and O–H groups in total. The number of hydrogen-bond acceptors (Lipinski definition) is 2. The van der Waals surface area contributed by atoms with Gasteiger partial charge in [0.25, 0.3) is 5.91 Å². The van der Waals surface area contributed by atoms with Gasteiger partial charge in [0.15, 0.2) is 0 Å². The molecule has 4 heteroatoms. The Morgan fingerprint density at radius 3 is 2.39 bits per heavy atom. The Bertz CT molecular complexity index is 776. The fourth-order valence-electron chi connectivity index (χ4n) is 2.47. The van der Waals surface area contributed by atoms with Crippen molar-refractivity contribution in [3.63, 3.8) is 0 Å². The van der Waals surface area contributed by atoms with Gasteiger partial charge in [0.1, 0.15) is 5.82 Å². The molecule has 3 aromatic rings. The topological polar surface area (TPSA) is 46.9 Å². The zero-order valence-corrected chi connectivity index (χ0v) is 13.1. The maximum absolute atomic E-state index is 12.2. The number of carbonyl (C=O) groups is 1. The summed E-state index contributed by atoms with van der Waals surface area (Å²) in [6, 6.07) is 17.8. The highest BCUT2D eigenvalue weighted by Crippen LogP contribution is 2.19. The molecule has 1 amide bonds. The summed E-state index contributed by atoms with van der Waals surface area (Å²) in [4.78, 5) is 16.4. The molecule has 0 spiro atoms. The van der Waals surface area contributed by atoms with E-state index in [1.807, 2.05) is 60.3 Å². The van der Waals surface area contributed by atoms with Crippen molar-refractivity contribution in [1.82, 2.24) is 14.9 Å². The average Bonchev–Trinajstić information content (AvgIpc) is 3.01. The molecule has 0 bridgehead atoms. The molecule has 0 radical (unpaired) electrons. The fourth-order valence-corrected chi connectivity index (χ4v) is 2.47. The predicted octanol–water partition coefficient (Wildman–Crippen LogP) is 3.06. The second-order valence-electron chi connectivity index (χ2n) is 5.40. The molecule has 0 aliphatic heterocycles. The van der Waals surface area contributed by atoms with E-state index in [2.05, 4.69) is 22.4 Å². The van der Waals surface area contributed by atoms with E-state index in [1.165, 1.54) is 0 Å². The van der Waals surface area contributed by atoms with Crippen LogP contribution in [0.5, 0.6) is 0 Å². The second kappa shape index (κ2) is 6.92. The van der Waals surface area contributed by atoms with Gasteiger partial charge in [-0.15, -0.1) is 0 Å². The molecule has 0 aliphatic carbocycles. The number of nitrogens with one attached hydrogen (secondary N) is 1. The van der Waals surface area contributed by atoms with E-state index in [9.17, 15) is 4.79 Å². The molecule has 0 saturated heterocycles. The van der Waals surface area contributed by atoms with Crippen molar-refractivity contribution in [2.75, 3.05) is 6.54 Å². The van der Waals surface area contributed by atoms with Gasteiger partial charge in [-0.25, -0.2) is 4.98 Å². The second-order valence-corrected chi connectivity index (χ2v) is 5.40. The highest BCUT2D eigenvalue weighted by molar-refractivity contribution is 5.94. The highest BCUT2D eigenvalue weighted by atomic mass is 16.1. The van der Waals surface area contributed by atoms with Crippen LogP contribution in [0.1, 0.15) is 16.2 Å². The van der Waals surface area contributed by atoms with Crippen molar-refractivity contribution < 1.29 is 4.79 Å². The van der Waals surface area contributed by atoms with Gasteiger partial charge in [-0.1, -0.05) is 42.5 Å². The van der Waals surface area contributed by atoms with Crippen LogP contribution < -0.4 is 5.32 Å². The quantitative estimate of drug-likeness (QED) is 0.787. The molecule has 0 unspecified atom stereocenters. The number of carbonyl (C=O) groups excluding carboxylic acids is 1. The lowest BCUT2D eigenvalue weighted by Crippen LogP contribution is -2.26. The molecule has 23 heavy (non-hydrogen) atoms. The Hall–Kier alpha value is -2.88. The summed E-state index contributed by atoms with van der Waals surface area (Å²) in [5.41, 5.74) is 2.92. The van der Waals surface area contributed by atoms with Crippen LogP contribution in [0.4, 0.5) is 0 Å². The summed E-state index contributed by atoms with van der Waals surface area (Å²) >= 11 is 0. The molecule has 4 nitrogen and oxygen atoms in total. The Balaban J connectivity index is 1.58. The first-order valence-electron chi connectivity index (χ1n) is 7.64. The standard InChI is InChI=1S/C19H19N3O/c1-22-14-13-20-18(22)11-12-21-19(23)17-9-7-16(8-10-17)15-5-3-2-4-6-15/h2-10,13-14H,11-12H2,1H3,(H,21,23). The lowest BCUT2D eigenvalue weighted by atomic mass is 10.0. The molecule has 1 aromatic heterocycles. The largest absolute Gasteiger partial charge is 0.352 e. The third-order valence-electron chi connectivity index (χ3n) is 3.81. The van der Waals surface area contributed by atoms with Crippen LogP contribution in [0, 0.1) is 0 Å². The number of aromatic nitrogens is 2. The zero-order chi connectivity index (χ0) is 16.1. The Kier molecular flexibility index (Phi) is 4.52. The number of hydrogen-bond donors (Lipinski definition) is 1. The molecule has 0 aliphatic rings. The molecule has 2 aromatic carbocycles. The van der Waals surface area contributed by atoms with Crippen molar-refractivity contribution in [1.29, 1.82) is 0 Å². The summed E-state index contributed by atoms with van der Waals surface area (Å²) in [7, 11) is 1.95. The first-order valence-corrected chi connectivity index (χ1v) is 7.64. The molecule has 1 heterocycles. The SMILES string of the molecule is Cn1ccnc1CCNC(=O)c1ccc(-c2ccccc2)cc1. The van der Waals surface area contributed by atoms with Gasteiger partial charge >= 0.3 is 0 Å². The molecular formula is C19H19N3O. The van der Waals surface area contributed by atoms with Gasteiger partial charge in [-0.2, -0.15) is 0 Å². The Morgan fingerprint density at radius 2 is 1.74 bits per heavy atom. The summed E-state index contributed by atoms with van der Waals surface area (Å²) in [5, 5.41) is 2.93. The van der Waals surface area contributed by atoms with E-state index < -0.39 is 0 Å². The summed E-state index contributed by atoms with van der Waals surface area (Å²) in [6.45, 7) is 0.574. The van der Waals surface area contributed by atoms with Crippen molar-refractivity contribution in [2.45, 2.75) is 6.42 Å². The van der Waals surface area contributed by atoms with Crippen LogP contribution in [-0.4, -0.2) is 22.0 Å². The molecule has 0 atom stereocenters. The lowest BCUT2D eigenvalue weighted by Gasteiger charge is -2.07. The van der Waals surface area contributed by atoms with Crippen LogP contribution >= 0.6 is 0 Å². The Labute approximate surface area is 135 Å². The van der Waals surface area contributed by atoms with Crippen molar-refractivity contribution >= 4 is 5.91 Å². The van der Waals surface area contributed by atoms with E-state index in [0.29, 0.717) is 12.1 Å². The molecular weight excluding hydrogens is 286 g/mol. The van der Waals surface area contributed by atoms with Gasteiger partial charge in [-0.3, -0.25) is 4.79 Å². The monoisotopic (exact) mass is 305 g/mol. The number of amides is 1. The van der Waals surface area contributed by atoms with Crippen LogP contribution in [0.3, 0.4) is 0 Å². The maximum atomic E-state index is 12.2. The smallest absolute Gasteiger partial charge is 0.251 e. The maximum Gasteiger partial charge on any atom is 0.251 e. The normalized spacial score (nSPS) is 10.5. The van der Waals surface area contributed by atoms with Crippen molar-refractivity contribution in [3.05, 3.63) is 78.4 Å². The van der Waals surface area contributed by atoms with Gasteiger partial charge < -0.3 is 9.88 Å². The summed E-state index contributed by atoms with van der Waals surface area (Å²) in [6.07, 6.45) is 4.39. The van der Waals surface area contributed by atoms with E-state index in [0.717, 1.165) is 23.4 Å². The minimum absolute atomic E-state index is 0.0566. The summed E-state index contributed by atoms with van der Waals surface area (Å²) < 4.78 is 1.96. The number of rotatable bonds is 5. The minimum atomic E-state index is -0.0566. The van der Waals surface area contributed by atoms with E-state index in [1.54, 1.807) is 6.20 Å². The predicted molar refractivity (Wildman–Crippen MR) is 91.1 cm³/mol. The van der Waals surface area contributed by atoms with Gasteiger partial charge in [0.2, 0.25) is 0 Å². The lowest BCUT2D eigenvalue weighted by molar-refractivity contribution is 0.0954. The minimum Gasteiger partial charge on any atom is -0.352 e. The summed E-state index contributed by atoms with van der Waals surface area (Å²) in [5.74, 6) is 0.906. The van der Waals surface area contributed by atoms with E-state index in [-0.39, 0.29) is 5.91 Å². The fraction of sp³-hybridized carbons (Fsp3) is 0.158. The zero-order valence-electron chi connectivity index (χ0n) is 13.1. The van der Waals surface area contributed by atoms with Crippen LogP contribution in [0.25, 0.3) is 11.1 Å². The Morgan fingerprint density at radius 1 is 1.04 bits per heavy atom. The number of imidazole rings is 1. The number of benzene rings is 2. The van der Waals surface area contributed by atoms with Crippen LogP contribution in [0.2, 0.25) is 0 Å². The van der Waals surface area contributed by atoms with Crippen molar-refractivity contribution in [3.8, 4) is 11.1 Å². The van der Waals surface area contributed by atoms with Gasteiger partial charge in [0, 0.05) is 38.0 Å². The van der Waals surface area contributed by atoms with E-state index in [4.69, 9.17) is 0 Å². The molecule has 3 rings (SSSR count). The third kappa shape index (κ3) is 3.66. The first-order chi connectivity index (χ1) is 11.2. The van der Waals surface area contributed by atoms with Crippen molar-refractivity contribution in [2.24, 2.45) is 7.05 Å². The van der Waals surface area contributed by atoms with Crippen LogP contribution in [-0.2, 0) is 13.5 Å². The van der Waals surface area contributed by atoms with Gasteiger partial charge in [-0.05, 0) is 23.3 Å². The van der Waals surface area contributed by atoms with Crippen LogP contribution in [0.15, 0.2) is 67.0 Å². The first kappa shape index (κ1) is 15.0. The average molecular weight is 305 g/mol. The molecule has 0 fully saturated rings.